The van der Waals surface area contributed by atoms with Crippen LogP contribution in [0.25, 0.3) is 0 Å². The van der Waals surface area contributed by atoms with Crippen LogP contribution in [0.2, 0.25) is 0 Å². The van der Waals surface area contributed by atoms with Gasteiger partial charge in [0.1, 0.15) is 0 Å². The van der Waals surface area contributed by atoms with Crippen LogP contribution in [0.1, 0.15) is 107 Å². The zero-order valence-electron chi connectivity index (χ0n) is 21.0. The molecular formula is C26H41F3N2O3. The monoisotopic (exact) mass is 486 g/mol. The fourth-order valence-electron chi connectivity index (χ4n) is 3.89. The van der Waals surface area contributed by atoms with E-state index < -0.39 is 35.1 Å². The van der Waals surface area contributed by atoms with Gasteiger partial charge in [0.05, 0.1) is 18.1 Å². The lowest BCUT2D eigenvalue weighted by atomic mass is 9.82. The summed E-state index contributed by atoms with van der Waals surface area (Å²) in [5.74, 6) is -0.969. The highest BCUT2D eigenvalue weighted by molar-refractivity contribution is 5.93. The lowest BCUT2D eigenvalue weighted by Crippen LogP contribution is -2.53. The van der Waals surface area contributed by atoms with Gasteiger partial charge in [-0.1, -0.05) is 71.1 Å². The highest BCUT2D eigenvalue weighted by Crippen LogP contribution is 2.29. The summed E-state index contributed by atoms with van der Waals surface area (Å²) < 4.78 is 43.1. The van der Waals surface area contributed by atoms with E-state index in [9.17, 15) is 22.8 Å². The number of amides is 1. The van der Waals surface area contributed by atoms with Gasteiger partial charge in [-0.25, -0.2) is 5.43 Å². The molecule has 0 unspecified atom stereocenters. The first-order valence-electron chi connectivity index (χ1n) is 12.4. The van der Waals surface area contributed by atoms with Crippen molar-refractivity contribution in [1.82, 2.24) is 10.9 Å². The van der Waals surface area contributed by atoms with E-state index >= 15 is 0 Å². The molecule has 0 aliphatic heterocycles. The smallest absolute Gasteiger partial charge is 0.416 e. The minimum Gasteiger partial charge on any atom is -0.469 e. The Morgan fingerprint density at radius 3 is 1.85 bits per heavy atom. The number of unbranched alkanes of at least 4 members (excludes halogenated alkanes) is 9. The molecule has 0 bridgehead atoms. The summed E-state index contributed by atoms with van der Waals surface area (Å²) in [5.41, 5.74) is 3.85. The molecule has 5 nitrogen and oxygen atoms in total. The predicted octanol–water partition coefficient (Wildman–Crippen LogP) is 6.82. The van der Waals surface area contributed by atoms with Gasteiger partial charge in [-0.2, -0.15) is 13.2 Å². The molecule has 1 aromatic rings. The largest absolute Gasteiger partial charge is 0.469 e. The van der Waals surface area contributed by atoms with Crippen molar-refractivity contribution in [2.45, 2.75) is 104 Å². The summed E-state index contributed by atoms with van der Waals surface area (Å²) in [6.07, 6.45) is 8.08. The SMILES string of the molecule is CCCCCCCCCCCC[C@@H](NNC(=O)c1ccc(C(F)(F)F)cc1)C(C)(C)C(=O)OC. The van der Waals surface area contributed by atoms with Gasteiger partial charge in [-0.3, -0.25) is 15.0 Å². The Balaban J connectivity index is 2.56. The molecule has 34 heavy (non-hydrogen) atoms. The number of rotatable bonds is 16. The molecule has 0 aliphatic rings. The maximum atomic E-state index is 12.7. The lowest BCUT2D eigenvalue weighted by molar-refractivity contribution is -0.152. The third-order valence-corrected chi connectivity index (χ3v) is 6.26. The van der Waals surface area contributed by atoms with Crippen LogP contribution < -0.4 is 10.9 Å². The predicted molar refractivity (Wildman–Crippen MR) is 128 cm³/mol. The first-order valence-corrected chi connectivity index (χ1v) is 12.4. The molecule has 0 radical (unpaired) electrons. The molecule has 1 aromatic carbocycles. The number of alkyl halides is 3. The van der Waals surface area contributed by atoms with E-state index in [-0.39, 0.29) is 5.56 Å². The highest BCUT2D eigenvalue weighted by atomic mass is 19.4. The summed E-state index contributed by atoms with van der Waals surface area (Å²) in [4.78, 5) is 24.8. The lowest BCUT2D eigenvalue weighted by Gasteiger charge is -2.32. The number of hydrazine groups is 1. The topological polar surface area (TPSA) is 67.4 Å². The van der Waals surface area contributed by atoms with Crippen LogP contribution in [-0.4, -0.2) is 25.0 Å². The van der Waals surface area contributed by atoms with E-state index in [1.807, 2.05) is 0 Å². The zero-order chi connectivity index (χ0) is 25.6. The average Bonchev–Trinajstić information content (AvgIpc) is 2.80. The molecule has 0 heterocycles. The number of carbonyl (C=O) groups excluding carboxylic acids is 2. The van der Waals surface area contributed by atoms with Gasteiger partial charge in [0.25, 0.3) is 5.91 Å². The zero-order valence-corrected chi connectivity index (χ0v) is 21.0. The number of ether oxygens (including phenoxy) is 1. The molecule has 0 spiro atoms. The number of methoxy groups -OCH3 is 1. The maximum absolute atomic E-state index is 12.7. The Kier molecular flexibility index (Phi) is 13.2. The van der Waals surface area contributed by atoms with Gasteiger partial charge < -0.3 is 4.74 Å². The number of halogens is 3. The van der Waals surface area contributed by atoms with Crippen LogP contribution in [0, 0.1) is 5.41 Å². The van der Waals surface area contributed by atoms with E-state index in [4.69, 9.17) is 4.74 Å². The molecule has 1 rings (SSSR count). The molecule has 2 N–H and O–H groups in total. The van der Waals surface area contributed by atoms with Crippen molar-refractivity contribution in [3.63, 3.8) is 0 Å². The van der Waals surface area contributed by atoms with Crippen molar-refractivity contribution in [2.24, 2.45) is 5.41 Å². The minimum absolute atomic E-state index is 0.0917. The standard InChI is InChI=1S/C26H41F3N2O3/c1-5-6-7-8-9-10-11-12-13-14-15-22(25(2,3)24(33)34-4)30-31-23(32)20-16-18-21(19-17-20)26(27,28)29/h16-19,22,30H,5-15H2,1-4H3,(H,31,32)/t22-/m1/s1. The fraction of sp³-hybridized carbons (Fsp3) is 0.692. The number of nitrogens with one attached hydrogen (secondary N) is 2. The van der Waals surface area contributed by atoms with Crippen molar-refractivity contribution in [3.8, 4) is 0 Å². The van der Waals surface area contributed by atoms with Crippen LogP contribution in [0.5, 0.6) is 0 Å². The number of esters is 1. The summed E-state index contributed by atoms with van der Waals surface area (Å²) >= 11 is 0. The quantitative estimate of drug-likeness (QED) is 0.153. The molecule has 0 fully saturated rings. The van der Waals surface area contributed by atoms with Crippen LogP contribution in [0.3, 0.4) is 0 Å². The molecule has 0 aromatic heterocycles. The van der Waals surface area contributed by atoms with Gasteiger partial charge in [-0.15, -0.1) is 0 Å². The second kappa shape index (κ2) is 15.0. The van der Waals surface area contributed by atoms with E-state index in [1.165, 1.54) is 52.1 Å². The molecule has 0 saturated heterocycles. The Morgan fingerprint density at radius 2 is 1.38 bits per heavy atom. The molecule has 0 saturated carbocycles. The van der Waals surface area contributed by atoms with E-state index in [1.54, 1.807) is 13.8 Å². The number of carbonyl (C=O) groups is 2. The minimum atomic E-state index is -4.46. The van der Waals surface area contributed by atoms with Gasteiger partial charge in [0.15, 0.2) is 0 Å². The van der Waals surface area contributed by atoms with Crippen LogP contribution >= 0.6 is 0 Å². The Labute approximate surface area is 202 Å². The second-order valence-electron chi connectivity index (χ2n) is 9.41. The highest BCUT2D eigenvalue weighted by Gasteiger charge is 2.38. The van der Waals surface area contributed by atoms with Crippen LogP contribution in [0.15, 0.2) is 24.3 Å². The van der Waals surface area contributed by atoms with Gasteiger partial charge in [0, 0.05) is 11.6 Å². The first kappa shape index (κ1) is 29.9. The van der Waals surface area contributed by atoms with E-state index in [0.29, 0.717) is 6.42 Å². The Hall–Kier alpha value is -2.09. The summed E-state index contributed by atoms with van der Waals surface area (Å²) in [6.45, 7) is 5.71. The van der Waals surface area contributed by atoms with E-state index in [2.05, 4.69) is 17.8 Å². The molecule has 8 heteroatoms. The number of hydrogen-bond donors (Lipinski definition) is 2. The Bertz CT molecular complexity index is 734. The third-order valence-electron chi connectivity index (χ3n) is 6.26. The van der Waals surface area contributed by atoms with Crippen molar-refractivity contribution in [1.29, 1.82) is 0 Å². The normalized spacial score (nSPS) is 12.9. The maximum Gasteiger partial charge on any atom is 0.416 e. The Morgan fingerprint density at radius 1 is 0.882 bits per heavy atom. The average molecular weight is 487 g/mol. The van der Waals surface area contributed by atoms with Crippen molar-refractivity contribution in [3.05, 3.63) is 35.4 Å². The van der Waals surface area contributed by atoms with Gasteiger partial charge in [0.2, 0.25) is 0 Å². The number of hydrogen-bond acceptors (Lipinski definition) is 4. The van der Waals surface area contributed by atoms with E-state index in [0.717, 1.165) is 43.5 Å². The summed E-state index contributed by atoms with van der Waals surface area (Å²) in [5, 5.41) is 0. The number of benzene rings is 1. The molecule has 1 amide bonds. The van der Waals surface area contributed by atoms with Crippen molar-refractivity contribution >= 4 is 11.9 Å². The van der Waals surface area contributed by atoms with Crippen molar-refractivity contribution in [2.75, 3.05) is 7.11 Å². The first-order chi connectivity index (χ1) is 16.0. The molecule has 1 atom stereocenters. The summed E-state index contributed by atoms with van der Waals surface area (Å²) in [7, 11) is 1.32. The molecule has 194 valence electrons. The third kappa shape index (κ3) is 10.5. The summed E-state index contributed by atoms with van der Waals surface area (Å²) in [6, 6.07) is 3.60. The van der Waals surface area contributed by atoms with Crippen molar-refractivity contribution < 1.29 is 27.5 Å². The van der Waals surface area contributed by atoms with Crippen LogP contribution in [0.4, 0.5) is 13.2 Å². The van der Waals surface area contributed by atoms with Gasteiger partial charge >= 0.3 is 12.1 Å². The molecule has 0 aliphatic carbocycles. The fourth-order valence-corrected chi connectivity index (χ4v) is 3.89. The van der Waals surface area contributed by atoms with Gasteiger partial charge in [-0.05, 0) is 44.5 Å². The van der Waals surface area contributed by atoms with Crippen LogP contribution in [-0.2, 0) is 15.7 Å². The second-order valence-corrected chi connectivity index (χ2v) is 9.41. The molecular weight excluding hydrogens is 445 g/mol.